The second kappa shape index (κ2) is 26.3. The predicted octanol–water partition coefficient (Wildman–Crippen LogP) is 17.6. The van der Waals surface area contributed by atoms with Crippen LogP contribution in [0.2, 0.25) is 0 Å². The van der Waals surface area contributed by atoms with E-state index in [1.807, 2.05) is 164 Å². The van der Waals surface area contributed by atoms with E-state index in [1.165, 1.54) is 22.3 Å². The van der Waals surface area contributed by atoms with Crippen LogP contribution < -0.4 is 5.46 Å². The maximum absolute atomic E-state index is 6.25. The molecule has 12 heteroatoms. The molecule has 1 fully saturated rings. The minimum absolute atomic E-state index is 0.176. The Labute approximate surface area is 525 Å². The van der Waals surface area contributed by atoms with Gasteiger partial charge in [0.2, 0.25) is 0 Å². The smallest absolute Gasteiger partial charge is 0.399 e. The molecule has 4 aromatic heterocycles. The van der Waals surface area contributed by atoms with Gasteiger partial charge in [-0.15, -0.1) is 0 Å². The van der Waals surface area contributed by atoms with Crippen LogP contribution in [0, 0.1) is 0 Å². The summed E-state index contributed by atoms with van der Waals surface area (Å²) in [6.07, 6.45) is 3.57. The van der Waals surface area contributed by atoms with Crippen molar-refractivity contribution in [3.05, 3.63) is 294 Å². The number of halogens is 1. The number of hydrogen-bond acceptors (Lipinski definition) is 10. The first-order valence-corrected chi connectivity index (χ1v) is 30.3. The zero-order valence-electron chi connectivity index (χ0n) is 50.8. The Bertz CT molecular complexity index is 4090. The Morgan fingerprint density at radius 2 is 0.580 bits per heavy atom. The normalized spacial score (nSPS) is 13.4. The highest BCUT2D eigenvalue weighted by molar-refractivity contribution is 9.10. The van der Waals surface area contributed by atoms with Gasteiger partial charge in [0.1, 0.15) is 4.60 Å². The van der Waals surface area contributed by atoms with Crippen LogP contribution in [0.25, 0.3) is 79.6 Å². The van der Waals surface area contributed by atoms with E-state index in [9.17, 15) is 0 Å². The van der Waals surface area contributed by atoms with E-state index in [4.69, 9.17) is 39.2 Å². The molecule has 0 atom stereocenters. The van der Waals surface area contributed by atoms with Crippen molar-refractivity contribution >= 4 is 28.5 Å². The van der Waals surface area contributed by atoms with Gasteiger partial charge in [-0.1, -0.05) is 258 Å². The molecule has 0 aliphatic carbocycles. The Morgan fingerprint density at radius 3 is 0.852 bits per heavy atom. The average Bonchev–Trinajstić information content (AvgIpc) is 4.10. The fraction of sp³-hybridized carbons (Fsp3) is 0.158. The van der Waals surface area contributed by atoms with E-state index in [1.54, 1.807) is 6.20 Å². The molecule has 5 heterocycles. The van der Waals surface area contributed by atoms with Crippen LogP contribution in [0.4, 0.5) is 0 Å². The molecule has 1 aliphatic heterocycles. The third kappa shape index (κ3) is 13.9. The summed E-state index contributed by atoms with van der Waals surface area (Å²) in [7, 11) is -0.367. The van der Waals surface area contributed by atoms with E-state index in [0.717, 1.165) is 54.7 Å². The first-order valence-electron chi connectivity index (χ1n) is 29.5. The van der Waals surface area contributed by atoms with Gasteiger partial charge < -0.3 is 9.31 Å². The number of nitrogens with zero attached hydrogens (tertiary/aromatic N) is 8. The summed E-state index contributed by atoms with van der Waals surface area (Å²) in [6, 6.07) is 86.3. The van der Waals surface area contributed by atoms with Gasteiger partial charge in [0.15, 0.2) is 34.9 Å². The highest BCUT2D eigenvalue weighted by Gasteiger charge is 2.51. The summed E-state index contributed by atoms with van der Waals surface area (Å²) >= 11 is 3.20. The van der Waals surface area contributed by atoms with E-state index >= 15 is 0 Å². The zero-order chi connectivity index (χ0) is 61.3. The molecular weight excluding hydrogens is 1150 g/mol. The number of pyridine rings is 2. The van der Waals surface area contributed by atoms with Crippen molar-refractivity contribution in [3.63, 3.8) is 0 Å². The lowest BCUT2D eigenvalue weighted by atomic mass is 9.74. The van der Waals surface area contributed by atoms with Gasteiger partial charge in [-0.05, 0) is 95.6 Å². The van der Waals surface area contributed by atoms with Crippen molar-refractivity contribution in [1.29, 1.82) is 0 Å². The lowest BCUT2D eigenvalue weighted by Crippen LogP contribution is -2.41. The standard InChI is InChI=1S/C36H36BN3O2.C35H28N4.C5H4BrN/c1-34(2,29-21-23-30(24-22-29)37-41-35(3,4)36(5,6)42-37)28-19-17-27(18-20-28)33-39-31(25-13-9-7-10-14-25)38-32(40-33)26-15-11-8-12-16-26;1-35(2,29-20-16-25(17-21-29)31-15-9-10-24-36-31)30-22-18-28(19-23-30)34-38-32(26-11-5-3-6-12-26)37-33(39-34)27-13-7-4-8-14-27;6-5-3-1-2-4-7-5/h7-24H,1-6H3;3-24H,1-2H3;1-4H. The molecule has 10 nitrogen and oxygen atoms in total. The lowest BCUT2D eigenvalue weighted by molar-refractivity contribution is 0.00578. The molecular formula is C76H68BBrN8O2. The Morgan fingerprint density at radius 1 is 0.307 bits per heavy atom. The van der Waals surface area contributed by atoms with Crippen molar-refractivity contribution in [2.75, 3.05) is 0 Å². The summed E-state index contributed by atoms with van der Waals surface area (Å²) in [4.78, 5) is 37.4. The second-order valence-electron chi connectivity index (χ2n) is 23.6. The summed E-state index contributed by atoms with van der Waals surface area (Å²) < 4.78 is 13.4. The molecule has 0 unspecified atom stereocenters. The molecule has 0 spiro atoms. The Hall–Kier alpha value is -9.46. The largest absolute Gasteiger partial charge is 0.494 e. The zero-order valence-corrected chi connectivity index (χ0v) is 52.3. The minimum atomic E-state index is -0.367. The molecule has 0 N–H and O–H groups in total. The van der Waals surface area contributed by atoms with Crippen molar-refractivity contribution in [2.45, 2.75) is 77.4 Å². The van der Waals surface area contributed by atoms with Crippen molar-refractivity contribution in [2.24, 2.45) is 0 Å². The molecule has 1 aliphatic rings. The van der Waals surface area contributed by atoms with Crippen LogP contribution in [0.5, 0.6) is 0 Å². The van der Waals surface area contributed by atoms with E-state index in [0.29, 0.717) is 34.9 Å². The molecule has 12 aromatic rings. The predicted molar refractivity (Wildman–Crippen MR) is 360 cm³/mol. The van der Waals surface area contributed by atoms with E-state index < -0.39 is 0 Å². The summed E-state index contributed by atoms with van der Waals surface area (Å²) in [5.41, 5.74) is 12.6. The van der Waals surface area contributed by atoms with Crippen LogP contribution in [-0.2, 0) is 20.1 Å². The fourth-order valence-corrected chi connectivity index (χ4v) is 10.5. The van der Waals surface area contributed by atoms with Crippen LogP contribution >= 0.6 is 15.9 Å². The number of rotatable bonds is 12. The van der Waals surface area contributed by atoms with Gasteiger partial charge in [-0.25, -0.2) is 34.9 Å². The second-order valence-corrected chi connectivity index (χ2v) is 24.4. The molecule has 0 radical (unpaired) electrons. The van der Waals surface area contributed by atoms with Crippen LogP contribution in [0.3, 0.4) is 0 Å². The monoisotopic (exact) mass is 1210 g/mol. The van der Waals surface area contributed by atoms with Crippen molar-refractivity contribution in [1.82, 2.24) is 39.9 Å². The maximum Gasteiger partial charge on any atom is 0.494 e. The molecule has 13 rings (SSSR count). The molecule has 0 bridgehead atoms. The lowest BCUT2D eigenvalue weighted by Gasteiger charge is -2.32. The van der Waals surface area contributed by atoms with Gasteiger partial charge in [-0.2, -0.15) is 0 Å². The van der Waals surface area contributed by atoms with Crippen LogP contribution in [0.1, 0.15) is 77.6 Å². The van der Waals surface area contributed by atoms with Crippen molar-refractivity contribution < 1.29 is 9.31 Å². The Kier molecular flexibility index (Phi) is 18.0. The quantitative estimate of drug-likeness (QED) is 0.0863. The average molecular weight is 1220 g/mol. The first kappa shape index (κ1) is 60.2. The Balaban J connectivity index is 0.000000164. The summed E-state index contributed by atoms with van der Waals surface area (Å²) in [5.74, 6) is 3.95. The molecule has 0 saturated carbocycles. The van der Waals surface area contributed by atoms with Crippen LogP contribution in [0.15, 0.2) is 272 Å². The van der Waals surface area contributed by atoms with Gasteiger partial charge in [0, 0.05) is 62.2 Å². The topological polar surface area (TPSA) is 122 Å². The molecule has 1 saturated heterocycles. The van der Waals surface area contributed by atoms with Gasteiger partial charge in [0.25, 0.3) is 0 Å². The SMILES string of the molecule is Brc1ccccn1.CC(C)(c1ccc(-c2ccccn2)cc1)c1ccc(-c2nc(-c3ccccc3)nc(-c3ccccc3)n2)cc1.CC(C)(c1ccc(B2OC(C)(C)C(C)(C)O2)cc1)c1ccc(-c2nc(-c3ccccc3)nc(-c3ccccc3)n2)cc1. The number of hydrogen-bond donors (Lipinski definition) is 0. The summed E-state index contributed by atoms with van der Waals surface area (Å²) in [6.45, 7) is 17.3. The number of benzene rings is 8. The van der Waals surface area contributed by atoms with Crippen LogP contribution in [-0.4, -0.2) is 58.2 Å². The third-order valence-electron chi connectivity index (χ3n) is 16.5. The minimum Gasteiger partial charge on any atom is -0.399 e. The van der Waals surface area contributed by atoms with Gasteiger partial charge >= 0.3 is 7.12 Å². The van der Waals surface area contributed by atoms with Crippen molar-refractivity contribution in [3.8, 4) is 79.6 Å². The fourth-order valence-electron chi connectivity index (χ4n) is 10.2. The third-order valence-corrected chi connectivity index (χ3v) is 17.0. The number of aromatic nitrogens is 8. The first-order chi connectivity index (χ1) is 42.5. The van der Waals surface area contributed by atoms with E-state index in [2.05, 4.69) is 178 Å². The molecule has 88 heavy (non-hydrogen) atoms. The van der Waals surface area contributed by atoms with E-state index in [-0.39, 0.29) is 29.2 Å². The highest BCUT2D eigenvalue weighted by Crippen LogP contribution is 2.39. The highest BCUT2D eigenvalue weighted by atomic mass is 79.9. The summed E-state index contributed by atoms with van der Waals surface area (Å²) in [5, 5.41) is 0. The maximum atomic E-state index is 6.25. The van der Waals surface area contributed by atoms with Gasteiger partial charge in [-0.3, -0.25) is 4.98 Å². The van der Waals surface area contributed by atoms with Gasteiger partial charge in [0.05, 0.1) is 16.9 Å². The molecule has 0 amide bonds. The molecule has 434 valence electrons. The molecule has 8 aromatic carbocycles.